The molecule has 25 heavy (non-hydrogen) atoms. The fraction of sp³-hybridized carbons (Fsp3) is 1.00. The molecule has 3 aliphatic rings. The van der Waals surface area contributed by atoms with Crippen molar-refractivity contribution in [3.8, 4) is 0 Å². The van der Waals surface area contributed by atoms with Gasteiger partial charge in [-0.05, 0) is 39.0 Å². The predicted molar refractivity (Wildman–Crippen MR) is 98.9 cm³/mol. The van der Waals surface area contributed by atoms with Crippen LogP contribution in [-0.4, -0.2) is 49.8 Å². The lowest BCUT2D eigenvalue weighted by Gasteiger charge is -2.19. The first kappa shape index (κ1) is 19.6. The van der Waals surface area contributed by atoms with E-state index in [1.54, 1.807) is 0 Å². The van der Waals surface area contributed by atoms with Gasteiger partial charge in [0.1, 0.15) is 0 Å². The zero-order valence-electron chi connectivity index (χ0n) is 16.3. The number of epoxide rings is 2. The van der Waals surface area contributed by atoms with Crippen molar-refractivity contribution in [3.63, 3.8) is 0 Å². The van der Waals surface area contributed by atoms with Crippen LogP contribution in [0.3, 0.4) is 0 Å². The minimum absolute atomic E-state index is 0.392. The van der Waals surface area contributed by atoms with Crippen molar-refractivity contribution in [1.29, 1.82) is 0 Å². The Hall–Kier alpha value is -0.160. The summed E-state index contributed by atoms with van der Waals surface area (Å²) >= 11 is 0. The van der Waals surface area contributed by atoms with Crippen LogP contribution in [0.25, 0.3) is 0 Å². The van der Waals surface area contributed by atoms with E-state index in [9.17, 15) is 0 Å². The third-order valence-corrected chi connectivity index (χ3v) is 5.99. The molecule has 2 aliphatic heterocycles. The molecule has 2 saturated heterocycles. The number of rotatable bonds is 14. The molecule has 0 aromatic carbocycles. The van der Waals surface area contributed by atoms with Crippen molar-refractivity contribution in [1.82, 2.24) is 0 Å². The number of fused-ring (bicyclic) bond motifs is 1. The molecule has 0 bridgehead atoms. The number of unbranched alkanes of at least 4 members (excludes halogenated alkanes) is 5. The highest BCUT2D eigenvalue weighted by molar-refractivity contribution is 4.92. The van der Waals surface area contributed by atoms with Gasteiger partial charge in [-0.25, -0.2) is 0 Å². The van der Waals surface area contributed by atoms with E-state index in [1.807, 2.05) is 0 Å². The summed E-state index contributed by atoms with van der Waals surface area (Å²) in [7, 11) is 0. The van der Waals surface area contributed by atoms with Gasteiger partial charge >= 0.3 is 0 Å². The van der Waals surface area contributed by atoms with Gasteiger partial charge in [-0.15, -0.1) is 0 Å². The van der Waals surface area contributed by atoms with Gasteiger partial charge < -0.3 is 18.9 Å². The first-order valence-electron chi connectivity index (χ1n) is 10.8. The van der Waals surface area contributed by atoms with E-state index >= 15 is 0 Å². The molecule has 1 saturated carbocycles. The molecule has 6 unspecified atom stereocenters. The molecule has 146 valence electrons. The van der Waals surface area contributed by atoms with Crippen molar-refractivity contribution in [2.75, 3.05) is 13.2 Å². The van der Waals surface area contributed by atoms with Crippen LogP contribution in [0.4, 0.5) is 0 Å². The Kier molecular flexibility index (Phi) is 8.03. The molecular formula is C21H38O4. The van der Waals surface area contributed by atoms with E-state index in [1.165, 1.54) is 51.4 Å². The second-order valence-corrected chi connectivity index (χ2v) is 8.16. The molecule has 0 amide bonds. The molecule has 3 rings (SSSR count). The largest absolute Gasteiger partial charge is 0.378 e. The maximum absolute atomic E-state index is 6.00. The lowest BCUT2D eigenvalue weighted by atomic mass is 9.98. The molecule has 6 atom stereocenters. The van der Waals surface area contributed by atoms with Crippen LogP contribution in [0, 0.1) is 0 Å². The molecule has 4 nitrogen and oxygen atoms in total. The number of ether oxygens (including phenoxy) is 4. The quantitative estimate of drug-likeness (QED) is 0.337. The zero-order valence-corrected chi connectivity index (χ0v) is 16.3. The maximum atomic E-state index is 6.00. The first-order chi connectivity index (χ1) is 12.3. The van der Waals surface area contributed by atoms with Crippen LogP contribution in [0.1, 0.15) is 84.5 Å². The fourth-order valence-electron chi connectivity index (χ4n) is 4.02. The normalized spacial score (nSPS) is 34.6. The van der Waals surface area contributed by atoms with Gasteiger partial charge in [-0.2, -0.15) is 0 Å². The lowest BCUT2D eigenvalue weighted by molar-refractivity contribution is 0.0305. The Balaban J connectivity index is 1.06. The molecule has 2 heterocycles. The van der Waals surface area contributed by atoms with Gasteiger partial charge in [-0.1, -0.05) is 32.6 Å². The fourth-order valence-corrected chi connectivity index (χ4v) is 4.02. The molecule has 0 aromatic heterocycles. The summed E-state index contributed by atoms with van der Waals surface area (Å²) in [5.41, 5.74) is 0. The van der Waals surface area contributed by atoms with Gasteiger partial charge in [0.05, 0.1) is 36.6 Å². The predicted octanol–water partition coefficient (Wildman–Crippen LogP) is 4.64. The van der Waals surface area contributed by atoms with Gasteiger partial charge in [0, 0.05) is 26.1 Å². The maximum Gasteiger partial charge on any atom is 0.0866 e. The summed E-state index contributed by atoms with van der Waals surface area (Å²) in [6.45, 7) is 6.21. The molecule has 3 fully saturated rings. The molecule has 0 aromatic rings. The van der Waals surface area contributed by atoms with Gasteiger partial charge in [0.25, 0.3) is 0 Å². The van der Waals surface area contributed by atoms with Crippen molar-refractivity contribution < 1.29 is 18.9 Å². The molecule has 1 aliphatic carbocycles. The summed E-state index contributed by atoms with van der Waals surface area (Å²) in [5.74, 6) is 0. The van der Waals surface area contributed by atoms with E-state index in [0.29, 0.717) is 36.6 Å². The van der Waals surface area contributed by atoms with Gasteiger partial charge in [0.15, 0.2) is 0 Å². The number of hydrogen-bond donors (Lipinski definition) is 0. The highest BCUT2D eigenvalue weighted by Gasteiger charge is 2.44. The Morgan fingerprint density at radius 2 is 1.64 bits per heavy atom. The standard InChI is InChI=1S/C21H38O4/c1-3-17(14-20-16(2)24-20)22-12-8-6-4-5-7-9-13-23-18-10-11-19-21(15-18)25-19/h16-21H,3-15H2,1-2H3. The van der Waals surface area contributed by atoms with Crippen LogP contribution in [0.15, 0.2) is 0 Å². The van der Waals surface area contributed by atoms with Crippen LogP contribution in [0.5, 0.6) is 0 Å². The second kappa shape index (κ2) is 10.2. The molecule has 0 N–H and O–H groups in total. The Morgan fingerprint density at radius 3 is 2.32 bits per heavy atom. The Morgan fingerprint density at radius 1 is 0.920 bits per heavy atom. The minimum atomic E-state index is 0.392. The molecule has 0 radical (unpaired) electrons. The third-order valence-electron chi connectivity index (χ3n) is 5.99. The molecular weight excluding hydrogens is 316 g/mol. The van der Waals surface area contributed by atoms with Gasteiger partial charge in [0.2, 0.25) is 0 Å². The van der Waals surface area contributed by atoms with Crippen molar-refractivity contribution >= 4 is 0 Å². The van der Waals surface area contributed by atoms with E-state index in [4.69, 9.17) is 18.9 Å². The molecule has 0 spiro atoms. The lowest BCUT2D eigenvalue weighted by Crippen LogP contribution is -2.22. The number of hydrogen-bond acceptors (Lipinski definition) is 4. The minimum Gasteiger partial charge on any atom is -0.378 e. The summed E-state index contributed by atoms with van der Waals surface area (Å²) in [6.07, 6.45) is 16.3. The van der Waals surface area contributed by atoms with Crippen molar-refractivity contribution in [3.05, 3.63) is 0 Å². The summed E-state index contributed by atoms with van der Waals surface area (Å²) in [5, 5.41) is 0. The monoisotopic (exact) mass is 354 g/mol. The van der Waals surface area contributed by atoms with Crippen LogP contribution in [-0.2, 0) is 18.9 Å². The van der Waals surface area contributed by atoms with Crippen LogP contribution in [0.2, 0.25) is 0 Å². The highest BCUT2D eigenvalue weighted by Crippen LogP contribution is 2.37. The van der Waals surface area contributed by atoms with E-state index in [0.717, 1.165) is 32.5 Å². The first-order valence-corrected chi connectivity index (χ1v) is 10.8. The van der Waals surface area contributed by atoms with Crippen LogP contribution >= 0.6 is 0 Å². The van der Waals surface area contributed by atoms with E-state index in [2.05, 4.69) is 13.8 Å². The summed E-state index contributed by atoms with van der Waals surface area (Å²) < 4.78 is 23.0. The average Bonchev–Trinajstić information content (AvgIpc) is 3.52. The van der Waals surface area contributed by atoms with Crippen molar-refractivity contribution in [2.45, 2.75) is 121 Å². The summed E-state index contributed by atoms with van der Waals surface area (Å²) in [4.78, 5) is 0. The Labute approximate surface area is 153 Å². The highest BCUT2D eigenvalue weighted by atomic mass is 16.6. The second-order valence-electron chi connectivity index (χ2n) is 8.16. The smallest absolute Gasteiger partial charge is 0.0866 e. The Bertz CT molecular complexity index is 375. The van der Waals surface area contributed by atoms with E-state index < -0.39 is 0 Å². The third kappa shape index (κ3) is 7.16. The summed E-state index contributed by atoms with van der Waals surface area (Å²) in [6, 6.07) is 0. The average molecular weight is 355 g/mol. The zero-order chi connectivity index (χ0) is 17.5. The van der Waals surface area contributed by atoms with Gasteiger partial charge in [-0.3, -0.25) is 0 Å². The van der Waals surface area contributed by atoms with Crippen molar-refractivity contribution in [2.24, 2.45) is 0 Å². The van der Waals surface area contributed by atoms with E-state index in [-0.39, 0.29) is 0 Å². The molecule has 4 heteroatoms. The van der Waals surface area contributed by atoms with Crippen LogP contribution < -0.4 is 0 Å². The topological polar surface area (TPSA) is 43.5 Å². The SMILES string of the molecule is CCC(CC1OC1C)OCCCCCCCCOC1CCC2OC2C1.